The normalized spacial score (nSPS) is 12.1. The molecule has 0 fully saturated rings. The van der Waals surface area contributed by atoms with Crippen LogP contribution in [0, 0.1) is 6.92 Å². The molecule has 0 radical (unpaired) electrons. The predicted molar refractivity (Wildman–Crippen MR) is 148 cm³/mol. The molecule has 0 aromatic heterocycles. The summed E-state index contributed by atoms with van der Waals surface area (Å²) in [6.07, 6.45) is 0.175. The predicted octanol–water partition coefficient (Wildman–Crippen LogP) is 5.68. The third kappa shape index (κ3) is 7.01. The van der Waals surface area contributed by atoms with Gasteiger partial charge in [0, 0.05) is 9.79 Å². The molecule has 0 saturated carbocycles. The Balaban J connectivity index is 1.63. The molecule has 0 heterocycles. The summed E-state index contributed by atoms with van der Waals surface area (Å²) in [5.41, 5.74) is 2.19. The number of benzene rings is 4. The molecule has 4 rings (SSSR count). The lowest BCUT2D eigenvalue weighted by atomic mass is 10.1. The summed E-state index contributed by atoms with van der Waals surface area (Å²) in [5, 5.41) is 2.95. The number of nitrogens with one attached hydrogen (secondary N) is 2. The fourth-order valence-corrected chi connectivity index (χ4v) is 6.15. The Morgan fingerprint density at radius 3 is 2.24 bits per heavy atom. The summed E-state index contributed by atoms with van der Waals surface area (Å²) in [5.74, 6) is -0.248. The van der Waals surface area contributed by atoms with E-state index in [0.29, 0.717) is 5.69 Å². The molecule has 0 aliphatic carbocycles. The average Bonchev–Trinajstić information content (AvgIpc) is 2.90. The van der Waals surface area contributed by atoms with Gasteiger partial charge in [0.2, 0.25) is 15.9 Å². The van der Waals surface area contributed by atoms with Crippen LogP contribution in [-0.4, -0.2) is 27.5 Å². The van der Waals surface area contributed by atoms with Crippen LogP contribution >= 0.6 is 11.8 Å². The minimum absolute atomic E-state index is 0.0131. The molecule has 8 heteroatoms. The Hall–Kier alpha value is -3.59. The quantitative estimate of drug-likeness (QED) is 0.274. The molecule has 190 valence electrons. The monoisotopic (exact) mass is 532 g/mol. The Bertz CT molecular complexity index is 1460. The first kappa shape index (κ1) is 26.5. The highest BCUT2D eigenvalue weighted by Gasteiger charge is 2.29. The third-order valence-electron chi connectivity index (χ3n) is 5.62. The fourth-order valence-electron chi connectivity index (χ4n) is 3.78. The summed E-state index contributed by atoms with van der Waals surface area (Å²) in [6.45, 7) is 1.80. The number of para-hydroxylation sites is 1. The molecule has 4 aromatic carbocycles. The Morgan fingerprint density at radius 2 is 1.54 bits per heavy atom. The van der Waals surface area contributed by atoms with Gasteiger partial charge in [0.1, 0.15) is 16.7 Å². The number of anilines is 1. The molecule has 1 amide bonds. The smallest absolute Gasteiger partial charge is 0.245 e. The lowest BCUT2D eigenvalue weighted by molar-refractivity contribution is -0.117. The van der Waals surface area contributed by atoms with Crippen LogP contribution in [0.25, 0.3) is 0 Å². The van der Waals surface area contributed by atoms with Gasteiger partial charge in [0.15, 0.2) is 0 Å². The van der Waals surface area contributed by atoms with Crippen LogP contribution in [0.3, 0.4) is 0 Å². The minimum atomic E-state index is -4.08. The Kier molecular flexibility index (Phi) is 8.66. The molecule has 0 unspecified atom stereocenters. The molecule has 0 saturated heterocycles. The van der Waals surface area contributed by atoms with Crippen molar-refractivity contribution >= 4 is 33.4 Å². The molecule has 1 atom stereocenters. The van der Waals surface area contributed by atoms with Gasteiger partial charge in [0.25, 0.3) is 0 Å². The first-order valence-electron chi connectivity index (χ1n) is 11.7. The van der Waals surface area contributed by atoms with Crippen LogP contribution in [0.1, 0.15) is 11.1 Å². The number of methoxy groups -OCH3 is 1. The Morgan fingerprint density at radius 1 is 0.892 bits per heavy atom. The number of rotatable bonds is 10. The van der Waals surface area contributed by atoms with Crippen LogP contribution in [0.4, 0.5) is 5.69 Å². The first-order valence-corrected chi connectivity index (χ1v) is 14.0. The highest BCUT2D eigenvalue weighted by molar-refractivity contribution is 7.99. The van der Waals surface area contributed by atoms with Crippen LogP contribution in [0.15, 0.2) is 118 Å². The second-order valence-electron chi connectivity index (χ2n) is 8.42. The molecule has 6 nitrogen and oxygen atoms in total. The van der Waals surface area contributed by atoms with Crippen molar-refractivity contribution in [2.24, 2.45) is 0 Å². The van der Waals surface area contributed by atoms with E-state index in [4.69, 9.17) is 4.74 Å². The summed E-state index contributed by atoms with van der Waals surface area (Å²) in [6, 6.07) is 30.4. The maximum Gasteiger partial charge on any atom is 0.245 e. The van der Waals surface area contributed by atoms with E-state index < -0.39 is 22.0 Å². The van der Waals surface area contributed by atoms with Crippen molar-refractivity contribution < 1.29 is 17.9 Å². The topological polar surface area (TPSA) is 84.5 Å². The minimum Gasteiger partial charge on any atom is -0.495 e. The van der Waals surface area contributed by atoms with Crippen molar-refractivity contribution in [3.63, 3.8) is 0 Å². The number of carbonyl (C=O) groups is 1. The molecule has 37 heavy (non-hydrogen) atoms. The van der Waals surface area contributed by atoms with Gasteiger partial charge in [-0.05, 0) is 60.9 Å². The van der Waals surface area contributed by atoms with Crippen molar-refractivity contribution in [1.82, 2.24) is 4.72 Å². The maximum atomic E-state index is 13.6. The zero-order chi connectivity index (χ0) is 26.3. The van der Waals surface area contributed by atoms with E-state index in [1.807, 2.05) is 78.9 Å². The molecule has 0 aliphatic rings. The van der Waals surface area contributed by atoms with Crippen molar-refractivity contribution in [3.05, 3.63) is 114 Å². The zero-order valence-corrected chi connectivity index (χ0v) is 22.2. The van der Waals surface area contributed by atoms with Gasteiger partial charge < -0.3 is 10.1 Å². The summed E-state index contributed by atoms with van der Waals surface area (Å²) in [7, 11) is -2.67. The number of carbonyl (C=O) groups excluding carboxylic acids is 1. The lowest BCUT2D eigenvalue weighted by Crippen LogP contribution is -2.45. The van der Waals surface area contributed by atoms with Crippen molar-refractivity contribution in [1.29, 1.82) is 0 Å². The first-order chi connectivity index (χ1) is 17.9. The summed E-state index contributed by atoms with van der Waals surface area (Å²) < 4.78 is 34.8. The van der Waals surface area contributed by atoms with E-state index in [-0.39, 0.29) is 17.1 Å². The molecule has 4 aromatic rings. The second kappa shape index (κ2) is 12.1. The van der Waals surface area contributed by atoms with Crippen LogP contribution in [0.2, 0.25) is 0 Å². The number of amides is 1. The van der Waals surface area contributed by atoms with Gasteiger partial charge in [-0.1, -0.05) is 78.5 Å². The van der Waals surface area contributed by atoms with Crippen LogP contribution in [-0.2, 0) is 21.2 Å². The zero-order valence-electron chi connectivity index (χ0n) is 20.5. The van der Waals surface area contributed by atoms with Crippen LogP contribution in [0.5, 0.6) is 5.75 Å². The number of aryl methyl sites for hydroxylation is 1. The molecule has 0 aliphatic heterocycles. The van der Waals surface area contributed by atoms with Gasteiger partial charge >= 0.3 is 0 Å². The van der Waals surface area contributed by atoms with E-state index in [1.54, 1.807) is 25.1 Å². The van der Waals surface area contributed by atoms with Crippen molar-refractivity contribution in [2.45, 2.75) is 34.1 Å². The van der Waals surface area contributed by atoms with Gasteiger partial charge in [-0.2, -0.15) is 4.72 Å². The number of hydrogen-bond donors (Lipinski definition) is 2. The lowest BCUT2D eigenvalue weighted by Gasteiger charge is -2.21. The van der Waals surface area contributed by atoms with E-state index in [0.717, 1.165) is 20.9 Å². The van der Waals surface area contributed by atoms with Gasteiger partial charge in [-0.3, -0.25) is 4.79 Å². The summed E-state index contributed by atoms with van der Waals surface area (Å²) in [4.78, 5) is 15.4. The molecule has 2 N–H and O–H groups in total. The average molecular weight is 533 g/mol. The highest BCUT2D eigenvalue weighted by atomic mass is 32.2. The van der Waals surface area contributed by atoms with Gasteiger partial charge in [-0.25, -0.2) is 8.42 Å². The molecular formula is C29H28N2O4S2. The van der Waals surface area contributed by atoms with Crippen molar-refractivity contribution in [2.75, 3.05) is 12.4 Å². The van der Waals surface area contributed by atoms with E-state index in [9.17, 15) is 13.2 Å². The maximum absolute atomic E-state index is 13.6. The molecular weight excluding hydrogens is 504 g/mol. The highest BCUT2D eigenvalue weighted by Crippen LogP contribution is 2.33. The molecule has 0 bridgehead atoms. The molecule has 0 spiro atoms. The third-order valence-corrected chi connectivity index (χ3v) is 8.20. The van der Waals surface area contributed by atoms with E-state index >= 15 is 0 Å². The Labute approximate surface area is 222 Å². The largest absolute Gasteiger partial charge is 0.495 e. The van der Waals surface area contributed by atoms with Crippen molar-refractivity contribution in [3.8, 4) is 5.75 Å². The van der Waals surface area contributed by atoms with E-state index in [1.165, 1.54) is 24.9 Å². The van der Waals surface area contributed by atoms with Crippen LogP contribution < -0.4 is 14.8 Å². The van der Waals surface area contributed by atoms with Gasteiger partial charge in [-0.15, -0.1) is 0 Å². The van der Waals surface area contributed by atoms with Gasteiger partial charge in [0.05, 0.1) is 12.8 Å². The number of sulfonamides is 1. The summed E-state index contributed by atoms with van der Waals surface area (Å²) >= 11 is 1.52. The van der Waals surface area contributed by atoms with E-state index in [2.05, 4.69) is 10.0 Å². The second-order valence-corrected chi connectivity index (χ2v) is 11.2. The SMILES string of the molecule is COc1ccc(C)cc1S(=O)(=O)N[C@@H](Cc1ccccc1)C(=O)Nc1ccccc1Sc1ccccc1. The number of ether oxygens (including phenoxy) is 1. The number of hydrogen-bond acceptors (Lipinski definition) is 5. The fraction of sp³-hybridized carbons (Fsp3) is 0.138. The standard InChI is InChI=1S/C29H28N2O4S2/c1-21-17-18-26(35-2)28(19-21)37(33,34)31-25(20-22-11-5-3-6-12-22)29(32)30-24-15-9-10-16-27(24)36-23-13-7-4-8-14-23/h3-19,25,31H,20H2,1-2H3,(H,30,32)/t25-/m0/s1.